The maximum atomic E-state index is 12.9. The number of aromatic nitrogens is 2. The molecule has 0 saturated heterocycles. The summed E-state index contributed by atoms with van der Waals surface area (Å²) in [6.45, 7) is 0. The number of fused-ring (bicyclic) bond motifs is 1. The number of amides is 1. The quantitative estimate of drug-likeness (QED) is 0.802. The van der Waals surface area contributed by atoms with Crippen molar-refractivity contribution >= 4 is 11.7 Å². The van der Waals surface area contributed by atoms with E-state index in [-0.39, 0.29) is 29.8 Å². The van der Waals surface area contributed by atoms with Gasteiger partial charge in [-0.05, 0) is 30.5 Å². The third-order valence-corrected chi connectivity index (χ3v) is 5.99. The van der Waals surface area contributed by atoms with Crippen LogP contribution in [0.2, 0.25) is 0 Å². The smallest absolute Gasteiger partial charge is 0.270 e. The van der Waals surface area contributed by atoms with Crippen molar-refractivity contribution in [1.29, 1.82) is 0 Å². The van der Waals surface area contributed by atoms with Crippen LogP contribution in [0.4, 0.5) is 5.82 Å². The summed E-state index contributed by atoms with van der Waals surface area (Å²) in [7, 11) is 4.64. The number of carbonyl (C=O) groups is 1. The molecule has 2 N–H and O–H groups in total. The van der Waals surface area contributed by atoms with Gasteiger partial charge in [-0.15, -0.1) is 0 Å². The number of hydrogen-bond donors (Lipinski definition) is 2. The Kier molecular flexibility index (Phi) is 5.25. The summed E-state index contributed by atoms with van der Waals surface area (Å²) >= 11 is 0. The van der Waals surface area contributed by atoms with Crippen LogP contribution in [0.1, 0.15) is 61.6 Å². The summed E-state index contributed by atoms with van der Waals surface area (Å²) in [5.74, 6) is 1.57. The standard InChI is InChI=1S/C21H27N3O5/c1-27-15-9-12(10-16(28-2)19(15)29-3)14-11-17(25)22-20-18(14)21(26)23-24(20)13-7-5-4-6-8-13/h9-10,13-14H,4-8,11H2,1-3H3,(H,22,25)(H,23,26)/t14-/m0/s1. The van der Waals surface area contributed by atoms with Crippen LogP contribution >= 0.6 is 0 Å². The van der Waals surface area contributed by atoms with E-state index in [1.54, 1.807) is 21.3 Å². The minimum absolute atomic E-state index is 0.111. The molecule has 2 aromatic rings. The summed E-state index contributed by atoms with van der Waals surface area (Å²) in [5, 5.41) is 5.92. The van der Waals surface area contributed by atoms with E-state index in [1.807, 2.05) is 16.8 Å². The molecule has 0 bridgehead atoms. The number of benzene rings is 1. The summed E-state index contributed by atoms with van der Waals surface area (Å²) < 4.78 is 18.2. The van der Waals surface area contributed by atoms with Crippen LogP contribution in [-0.4, -0.2) is 37.0 Å². The fourth-order valence-electron chi connectivity index (χ4n) is 4.58. The number of methoxy groups -OCH3 is 3. The van der Waals surface area contributed by atoms with Crippen LogP contribution < -0.4 is 25.1 Å². The lowest BCUT2D eigenvalue weighted by atomic mass is 9.86. The van der Waals surface area contributed by atoms with Crippen LogP contribution in [0.15, 0.2) is 16.9 Å². The highest BCUT2D eigenvalue weighted by Gasteiger charge is 2.35. The van der Waals surface area contributed by atoms with Gasteiger partial charge in [-0.1, -0.05) is 19.3 Å². The lowest BCUT2D eigenvalue weighted by molar-refractivity contribution is -0.116. The number of rotatable bonds is 5. The van der Waals surface area contributed by atoms with Gasteiger partial charge in [-0.25, -0.2) is 0 Å². The average Bonchev–Trinajstić information content (AvgIpc) is 3.08. The molecule has 156 valence electrons. The van der Waals surface area contributed by atoms with Crippen LogP contribution in [-0.2, 0) is 4.79 Å². The third-order valence-electron chi connectivity index (χ3n) is 5.99. The molecule has 2 aliphatic rings. The molecule has 1 aliphatic heterocycles. The summed E-state index contributed by atoms with van der Waals surface area (Å²) in [6, 6.07) is 3.83. The van der Waals surface area contributed by atoms with Crippen LogP contribution in [0.3, 0.4) is 0 Å². The number of carbonyl (C=O) groups excluding carboxylic acids is 1. The van der Waals surface area contributed by atoms with E-state index in [2.05, 4.69) is 10.4 Å². The highest BCUT2D eigenvalue weighted by molar-refractivity contribution is 5.94. The van der Waals surface area contributed by atoms with Crippen molar-refractivity contribution in [2.75, 3.05) is 26.6 Å². The predicted octanol–water partition coefficient (Wildman–Crippen LogP) is 3.18. The monoisotopic (exact) mass is 401 g/mol. The van der Waals surface area contributed by atoms with E-state index in [1.165, 1.54) is 6.42 Å². The lowest BCUT2D eigenvalue weighted by Crippen LogP contribution is -2.27. The van der Waals surface area contributed by atoms with E-state index in [9.17, 15) is 9.59 Å². The number of ether oxygens (including phenoxy) is 3. The van der Waals surface area contributed by atoms with Gasteiger partial charge in [0.2, 0.25) is 11.7 Å². The van der Waals surface area contributed by atoms with Crippen LogP contribution in [0, 0.1) is 0 Å². The van der Waals surface area contributed by atoms with Crippen molar-refractivity contribution in [2.45, 2.75) is 50.5 Å². The molecular formula is C21H27N3O5. The van der Waals surface area contributed by atoms with Crippen LogP contribution in [0.5, 0.6) is 17.2 Å². The zero-order valence-electron chi connectivity index (χ0n) is 17.0. The second-order valence-electron chi connectivity index (χ2n) is 7.63. The lowest BCUT2D eigenvalue weighted by Gasteiger charge is -2.28. The van der Waals surface area contributed by atoms with E-state index in [4.69, 9.17) is 14.2 Å². The molecule has 1 amide bonds. The molecule has 0 radical (unpaired) electrons. The normalized spacial score (nSPS) is 19.4. The second kappa shape index (κ2) is 7.85. The minimum atomic E-state index is -0.388. The highest BCUT2D eigenvalue weighted by atomic mass is 16.5. The number of anilines is 1. The van der Waals surface area contributed by atoms with E-state index in [0.717, 1.165) is 31.2 Å². The SMILES string of the molecule is COc1cc([C@@H]2CC(=O)Nc3c2c(=O)[nH]n3C2CCCCC2)cc(OC)c1OC. The Balaban J connectivity index is 1.83. The zero-order chi connectivity index (χ0) is 20.5. The van der Waals surface area contributed by atoms with Gasteiger partial charge in [-0.3, -0.25) is 19.4 Å². The predicted molar refractivity (Wildman–Crippen MR) is 108 cm³/mol. The fraction of sp³-hybridized carbons (Fsp3) is 0.524. The molecule has 0 spiro atoms. The fourth-order valence-corrected chi connectivity index (χ4v) is 4.58. The molecule has 1 aliphatic carbocycles. The van der Waals surface area contributed by atoms with Crippen LogP contribution in [0.25, 0.3) is 0 Å². The molecule has 1 aromatic heterocycles. The van der Waals surface area contributed by atoms with Gasteiger partial charge >= 0.3 is 0 Å². The van der Waals surface area contributed by atoms with E-state index >= 15 is 0 Å². The van der Waals surface area contributed by atoms with Crippen molar-refractivity contribution in [3.8, 4) is 17.2 Å². The highest BCUT2D eigenvalue weighted by Crippen LogP contribution is 2.44. The first kappa shape index (κ1) is 19.4. The molecule has 1 aromatic carbocycles. The number of H-pyrrole nitrogens is 1. The van der Waals surface area contributed by atoms with Gasteiger partial charge in [0.1, 0.15) is 5.82 Å². The Morgan fingerprint density at radius 2 is 1.62 bits per heavy atom. The van der Waals surface area contributed by atoms with Crippen molar-refractivity contribution in [2.24, 2.45) is 0 Å². The maximum absolute atomic E-state index is 12.9. The molecule has 8 nitrogen and oxygen atoms in total. The molecule has 1 atom stereocenters. The molecule has 29 heavy (non-hydrogen) atoms. The van der Waals surface area contributed by atoms with Crippen molar-refractivity contribution < 1.29 is 19.0 Å². The number of hydrogen-bond acceptors (Lipinski definition) is 5. The Hall–Kier alpha value is -2.90. The van der Waals surface area contributed by atoms with E-state index in [0.29, 0.717) is 28.6 Å². The molecule has 1 saturated carbocycles. The van der Waals surface area contributed by atoms with Gasteiger partial charge in [-0.2, -0.15) is 0 Å². The van der Waals surface area contributed by atoms with Gasteiger partial charge in [0.05, 0.1) is 32.9 Å². The number of nitrogens with zero attached hydrogens (tertiary/aromatic N) is 1. The number of nitrogens with one attached hydrogen (secondary N) is 2. The number of aromatic amines is 1. The van der Waals surface area contributed by atoms with E-state index < -0.39 is 0 Å². The van der Waals surface area contributed by atoms with Gasteiger partial charge in [0, 0.05) is 12.3 Å². The molecule has 2 heterocycles. The molecule has 0 unspecified atom stereocenters. The Bertz CT molecular complexity index is 946. The van der Waals surface area contributed by atoms with Crippen molar-refractivity contribution in [1.82, 2.24) is 9.78 Å². The zero-order valence-corrected chi connectivity index (χ0v) is 17.0. The summed E-state index contributed by atoms with van der Waals surface area (Å²) in [4.78, 5) is 25.5. The molecule has 8 heteroatoms. The van der Waals surface area contributed by atoms with Crippen molar-refractivity contribution in [3.63, 3.8) is 0 Å². The topological polar surface area (TPSA) is 94.6 Å². The molecule has 4 rings (SSSR count). The van der Waals surface area contributed by atoms with Gasteiger partial charge in [0.15, 0.2) is 11.5 Å². The van der Waals surface area contributed by atoms with Gasteiger partial charge < -0.3 is 19.5 Å². The largest absolute Gasteiger partial charge is 0.493 e. The molecular weight excluding hydrogens is 374 g/mol. The first-order chi connectivity index (χ1) is 14.1. The molecule has 1 fully saturated rings. The third kappa shape index (κ3) is 3.36. The minimum Gasteiger partial charge on any atom is -0.493 e. The Morgan fingerprint density at radius 3 is 2.21 bits per heavy atom. The second-order valence-corrected chi connectivity index (χ2v) is 7.63. The van der Waals surface area contributed by atoms with Crippen molar-refractivity contribution in [3.05, 3.63) is 33.6 Å². The summed E-state index contributed by atoms with van der Waals surface area (Å²) in [5.41, 5.74) is 1.20. The first-order valence-electron chi connectivity index (χ1n) is 10.0. The average molecular weight is 401 g/mol. The maximum Gasteiger partial charge on any atom is 0.270 e. The first-order valence-corrected chi connectivity index (χ1v) is 10.0. The Labute approximate surface area is 169 Å². The summed E-state index contributed by atoms with van der Waals surface area (Å²) in [6.07, 6.45) is 5.66. The van der Waals surface area contributed by atoms with Gasteiger partial charge in [0.25, 0.3) is 5.56 Å². The Morgan fingerprint density at radius 1 is 0.966 bits per heavy atom.